The third kappa shape index (κ3) is 3.30. The highest BCUT2D eigenvalue weighted by molar-refractivity contribution is 6.36. The van der Waals surface area contributed by atoms with E-state index in [2.05, 4.69) is 10.2 Å². The van der Waals surface area contributed by atoms with Crippen LogP contribution in [0.2, 0.25) is 10.0 Å². The lowest BCUT2D eigenvalue weighted by molar-refractivity contribution is -0.274. The molecule has 1 atom stereocenters. The van der Waals surface area contributed by atoms with Crippen LogP contribution in [0.1, 0.15) is 11.8 Å². The van der Waals surface area contributed by atoms with Gasteiger partial charge in [-0.15, -0.1) is 0 Å². The second kappa shape index (κ2) is 6.12. The largest absolute Gasteiger partial charge is 0.504 e. The van der Waals surface area contributed by atoms with Crippen LogP contribution in [0.4, 0.5) is 5.69 Å². The Morgan fingerprint density at radius 1 is 1.11 bits per heavy atom. The van der Waals surface area contributed by atoms with E-state index in [-0.39, 0.29) is 16.5 Å². The lowest BCUT2D eigenvalue weighted by atomic mass is 10.2. The average molecular weight is 300 g/mol. The molecule has 0 aliphatic rings. The van der Waals surface area contributed by atoms with E-state index in [9.17, 15) is 5.11 Å². The molecule has 3 N–H and O–H groups in total. The SMILES string of the molecule is OOC(Nc1cc(Cl)cc(Cl)c1O)c1ccccc1. The van der Waals surface area contributed by atoms with E-state index in [4.69, 9.17) is 28.5 Å². The molecule has 0 bridgehead atoms. The first-order chi connectivity index (χ1) is 9.11. The number of anilines is 1. The van der Waals surface area contributed by atoms with Crippen LogP contribution in [0.5, 0.6) is 5.75 Å². The predicted molar refractivity (Wildman–Crippen MR) is 74.6 cm³/mol. The smallest absolute Gasteiger partial charge is 0.188 e. The van der Waals surface area contributed by atoms with Crippen molar-refractivity contribution in [1.82, 2.24) is 0 Å². The van der Waals surface area contributed by atoms with Crippen LogP contribution in [0.3, 0.4) is 0 Å². The fraction of sp³-hybridized carbons (Fsp3) is 0.0769. The van der Waals surface area contributed by atoms with E-state index in [1.807, 2.05) is 6.07 Å². The lowest BCUT2D eigenvalue weighted by Crippen LogP contribution is -2.13. The molecule has 100 valence electrons. The minimum absolute atomic E-state index is 0.111. The molecule has 1 unspecified atom stereocenters. The molecule has 0 saturated carbocycles. The molecule has 19 heavy (non-hydrogen) atoms. The van der Waals surface area contributed by atoms with Crippen LogP contribution in [0, 0.1) is 0 Å². The van der Waals surface area contributed by atoms with Crippen molar-refractivity contribution in [3.8, 4) is 5.75 Å². The van der Waals surface area contributed by atoms with Gasteiger partial charge in [-0.3, -0.25) is 0 Å². The van der Waals surface area contributed by atoms with Crippen molar-refractivity contribution in [3.63, 3.8) is 0 Å². The van der Waals surface area contributed by atoms with E-state index in [0.29, 0.717) is 10.6 Å². The fourth-order valence-electron chi connectivity index (χ4n) is 1.62. The molecule has 0 aliphatic heterocycles. The number of rotatable bonds is 4. The van der Waals surface area contributed by atoms with Gasteiger partial charge in [-0.2, -0.15) is 0 Å². The highest BCUT2D eigenvalue weighted by Gasteiger charge is 2.15. The van der Waals surface area contributed by atoms with Gasteiger partial charge < -0.3 is 10.4 Å². The summed E-state index contributed by atoms with van der Waals surface area (Å²) in [6.45, 7) is 0. The van der Waals surface area contributed by atoms with Crippen molar-refractivity contribution in [2.24, 2.45) is 0 Å². The van der Waals surface area contributed by atoms with Gasteiger partial charge >= 0.3 is 0 Å². The Morgan fingerprint density at radius 3 is 2.42 bits per heavy atom. The summed E-state index contributed by atoms with van der Waals surface area (Å²) >= 11 is 11.7. The van der Waals surface area contributed by atoms with Crippen LogP contribution in [0.25, 0.3) is 0 Å². The highest BCUT2D eigenvalue weighted by atomic mass is 35.5. The number of hydrogen-bond acceptors (Lipinski definition) is 4. The topological polar surface area (TPSA) is 61.7 Å². The maximum Gasteiger partial charge on any atom is 0.188 e. The van der Waals surface area contributed by atoms with Crippen molar-refractivity contribution in [1.29, 1.82) is 0 Å². The van der Waals surface area contributed by atoms with E-state index in [1.54, 1.807) is 24.3 Å². The van der Waals surface area contributed by atoms with Crippen molar-refractivity contribution >= 4 is 28.9 Å². The van der Waals surface area contributed by atoms with Crippen LogP contribution in [-0.4, -0.2) is 10.4 Å². The number of halogens is 2. The number of nitrogens with one attached hydrogen (secondary N) is 1. The molecule has 6 heteroatoms. The van der Waals surface area contributed by atoms with Crippen molar-refractivity contribution in [2.45, 2.75) is 6.23 Å². The van der Waals surface area contributed by atoms with Crippen molar-refractivity contribution in [3.05, 3.63) is 58.1 Å². The lowest BCUT2D eigenvalue weighted by Gasteiger charge is -2.18. The second-order valence-corrected chi connectivity index (χ2v) is 4.67. The van der Waals surface area contributed by atoms with Gasteiger partial charge in [0.2, 0.25) is 0 Å². The van der Waals surface area contributed by atoms with E-state index >= 15 is 0 Å². The summed E-state index contributed by atoms with van der Waals surface area (Å²) in [6, 6.07) is 11.9. The zero-order chi connectivity index (χ0) is 13.8. The van der Waals surface area contributed by atoms with Crippen molar-refractivity contribution < 1.29 is 15.3 Å². The van der Waals surface area contributed by atoms with Gasteiger partial charge in [-0.25, -0.2) is 10.1 Å². The summed E-state index contributed by atoms with van der Waals surface area (Å²) in [5.41, 5.74) is 0.945. The predicted octanol–water partition coefficient (Wildman–Crippen LogP) is 4.30. The Morgan fingerprint density at radius 2 is 1.79 bits per heavy atom. The van der Waals surface area contributed by atoms with Gasteiger partial charge in [0, 0.05) is 10.6 Å². The van der Waals surface area contributed by atoms with Gasteiger partial charge in [-0.1, -0.05) is 53.5 Å². The molecule has 0 saturated heterocycles. The van der Waals surface area contributed by atoms with Gasteiger partial charge in [0.1, 0.15) is 0 Å². The maximum atomic E-state index is 9.82. The van der Waals surface area contributed by atoms with Gasteiger partial charge in [0.05, 0.1) is 10.7 Å². The zero-order valence-electron chi connectivity index (χ0n) is 9.68. The molecule has 0 amide bonds. The van der Waals surface area contributed by atoms with Crippen LogP contribution >= 0.6 is 23.2 Å². The molecular formula is C13H11Cl2NO3. The normalized spacial score (nSPS) is 12.2. The van der Waals surface area contributed by atoms with Crippen LogP contribution < -0.4 is 5.32 Å². The Hall–Kier alpha value is -1.46. The summed E-state index contributed by atoms with van der Waals surface area (Å²) in [5.74, 6) is -0.163. The Labute approximate surface area is 120 Å². The van der Waals surface area contributed by atoms with E-state index in [0.717, 1.165) is 0 Å². The summed E-state index contributed by atoms with van der Waals surface area (Å²) < 4.78 is 0. The zero-order valence-corrected chi connectivity index (χ0v) is 11.2. The molecular weight excluding hydrogens is 289 g/mol. The summed E-state index contributed by atoms with van der Waals surface area (Å²) in [5, 5.41) is 22.1. The quantitative estimate of drug-likeness (QED) is 0.341. The minimum atomic E-state index is -0.846. The Balaban J connectivity index is 2.29. The first kappa shape index (κ1) is 14.0. The number of phenolic OH excluding ortho intramolecular Hbond substituents is 1. The third-order valence-electron chi connectivity index (χ3n) is 2.52. The number of phenols is 1. The third-order valence-corrected chi connectivity index (χ3v) is 3.03. The summed E-state index contributed by atoms with van der Waals surface area (Å²) in [7, 11) is 0. The van der Waals surface area contributed by atoms with Gasteiger partial charge in [0.25, 0.3) is 0 Å². The molecule has 2 aromatic carbocycles. The van der Waals surface area contributed by atoms with Crippen molar-refractivity contribution in [2.75, 3.05) is 5.32 Å². The van der Waals surface area contributed by atoms with Crippen LogP contribution in [-0.2, 0) is 4.89 Å². The monoisotopic (exact) mass is 299 g/mol. The molecule has 0 aliphatic carbocycles. The molecule has 0 spiro atoms. The Kier molecular flexibility index (Phi) is 4.50. The molecule has 2 rings (SSSR count). The van der Waals surface area contributed by atoms with E-state index < -0.39 is 6.23 Å². The number of aromatic hydroxyl groups is 1. The van der Waals surface area contributed by atoms with Crippen LogP contribution in [0.15, 0.2) is 42.5 Å². The summed E-state index contributed by atoms with van der Waals surface area (Å²) in [4.78, 5) is 4.37. The number of benzene rings is 2. The summed E-state index contributed by atoms with van der Waals surface area (Å²) in [6.07, 6.45) is -0.846. The fourth-order valence-corrected chi connectivity index (χ4v) is 2.11. The first-order valence-electron chi connectivity index (χ1n) is 5.41. The molecule has 2 aromatic rings. The maximum absolute atomic E-state index is 9.82. The molecule has 4 nitrogen and oxygen atoms in total. The van der Waals surface area contributed by atoms with Gasteiger partial charge in [-0.05, 0) is 12.1 Å². The second-order valence-electron chi connectivity index (χ2n) is 3.82. The number of hydrogen-bond donors (Lipinski definition) is 3. The Bertz CT molecular complexity index is 563. The first-order valence-corrected chi connectivity index (χ1v) is 6.17. The minimum Gasteiger partial charge on any atom is -0.504 e. The standard InChI is InChI=1S/C13H11Cl2NO3/c14-9-6-10(15)12(17)11(7-9)16-13(19-18)8-4-2-1-3-5-8/h1-7,13,16-18H. The van der Waals surface area contributed by atoms with E-state index in [1.165, 1.54) is 12.1 Å². The molecule has 0 fully saturated rings. The highest BCUT2D eigenvalue weighted by Crippen LogP contribution is 2.36. The van der Waals surface area contributed by atoms with Gasteiger partial charge in [0.15, 0.2) is 12.0 Å². The molecule has 0 heterocycles. The average Bonchev–Trinajstić information content (AvgIpc) is 2.42. The molecule has 0 radical (unpaired) electrons. The molecule has 0 aromatic heterocycles.